The number of hydrogen-bond donors (Lipinski definition) is 1. The van der Waals surface area contributed by atoms with E-state index in [0.717, 1.165) is 30.6 Å². The lowest BCUT2D eigenvalue weighted by Gasteiger charge is -2.23. The average molecular weight is 399 g/mol. The number of alkyl halides is 3. The van der Waals surface area contributed by atoms with Gasteiger partial charge in [0.05, 0.1) is 17.8 Å². The summed E-state index contributed by atoms with van der Waals surface area (Å²) in [5, 5.41) is 2.11. The molecule has 0 spiro atoms. The molecule has 0 aliphatic carbocycles. The summed E-state index contributed by atoms with van der Waals surface area (Å²) in [7, 11) is 1.90. The van der Waals surface area contributed by atoms with E-state index in [1.54, 1.807) is 6.20 Å². The number of benzene rings is 1. The van der Waals surface area contributed by atoms with Crippen LogP contribution in [-0.2, 0) is 19.8 Å². The smallest absolute Gasteiger partial charge is 0.337 e. The summed E-state index contributed by atoms with van der Waals surface area (Å²) in [4.78, 5) is 20.3. The normalized spacial score (nSPS) is 16.1. The first kappa shape index (κ1) is 20.1. The highest BCUT2D eigenvalue weighted by molar-refractivity contribution is 5.90. The van der Waals surface area contributed by atoms with Gasteiger partial charge in [0.1, 0.15) is 11.6 Å². The largest absolute Gasteiger partial charge is 0.418 e. The van der Waals surface area contributed by atoms with Gasteiger partial charge in [-0.15, -0.1) is 0 Å². The number of hydrogen-bond acceptors (Lipinski definition) is 3. The number of anilines is 1. The van der Waals surface area contributed by atoms with E-state index >= 15 is 0 Å². The molecule has 0 atom stereocenters. The molecular weight excluding hydrogens is 378 g/mol. The molecule has 2 amide bonds. The Labute approximate surface area is 159 Å². The maximum absolute atomic E-state index is 13.9. The quantitative estimate of drug-likeness (QED) is 0.806. The second-order valence-electron chi connectivity index (χ2n) is 6.66. The van der Waals surface area contributed by atoms with Crippen LogP contribution in [0.25, 0.3) is 0 Å². The van der Waals surface area contributed by atoms with E-state index in [4.69, 9.17) is 0 Å². The lowest BCUT2D eigenvalue weighted by Crippen LogP contribution is -2.38. The van der Waals surface area contributed by atoms with Crippen LogP contribution in [0.5, 0.6) is 0 Å². The summed E-state index contributed by atoms with van der Waals surface area (Å²) in [5.41, 5.74) is -2.04. The van der Waals surface area contributed by atoms with Crippen LogP contribution in [0.1, 0.15) is 17.8 Å². The van der Waals surface area contributed by atoms with E-state index in [0.29, 0.717) is 32.6 Å². The monoisotopic (exact) mass is 399 g/mol. The van der Waals surface area contributed by atoms with E-state index in [2.05, 4.69) is 15.2 Å². The number of aromatic nitrogens is 2. The molecule has 1 N–H and O–H groups in total. The Balaban J connectivity index is 1.65. The van der Waals surface area contributed by atoms with E-state index in [1.807, 2.05) is 17.8 Å². The Morgan fingerprint density at radius 3 is 2.68 bits per heavy atom. The standard InChI is InChI=1S/C18H21F4N5O/c1-25-9-6-23-15(25)12-26-7-3-8-27(11-10-26)17(28)24-16-13(18(20,21)22)4-2-5-14(16)19/h2,4-6,9H,3,7-8,10-12H2,1H3,(H,24,28). The lowest BCUT2D eigenvalue weighted by molar-refractivity contribution is -0.137. The summed E-state index contributed by atoms with van der Waals surface area (Å²) < 4.78 is 55.2. The number of imidazole rings is 1. The summed E-state index contributed by atoms with van der Waals surface area (Å²) in [6.45, 7) is 2.59. The number of carbonyl (C=O) groups excluding carboxylic acids is 1. The predicted molar refractivity (Wildman–Crippen MR) is 95.1 cm³/mol. The van der Waals surface area contributed by atoms with Crippen LogP contribution < -0.4 is 5.32 Å². The van der Waals surface area contributed by atoms with Crippen molar-refractivity contribution in [3.8, 4) is 0 Å². The van der Waals surface area contributed by atoms with Crippen molar-refractivity contribution < 1.29 is 22.4 Å². The van der Waals surface area contributed by atoms with Crippen molar-refractivity contribution in [1.82, 2.24) is 19.4 Å². The second-order valence-corrected chi connectivity index (χ2v) is 6.66. The van der Waals surface area contributed by atoms with Crippen molar-refractivity contribution in [2.24, 2.45) is 7.05 Å². The molecule has 28 heavy (non-hydrogen) atoms. The lowest BCUT2D eigenvalue weighted by atomic mass is 10.1. The minimum Gasteiger partial charge on any atom is -0.337 e. The van der Waals surface area contributed by atoms with Crippen LogP contribution in [0.3, 0.4) is 0 Å². The van der Waals surface area contributed by atoms with Gasteiger partial charge in [-0.3, -0.25) is 4.90 Å². The molecule has 0 unspecified atom stereocenters. The van der Waals surface area contributed by atoms with Gasteiger partial charge in [0.2, 0.25) is 0 Å². The average Bonchev–Trinajstić information content (AvgIpc) is 2.88. The first-order valence-corrected chi connectivity index (χ1v) is 8.86. The Kier molecular flexibility index (Phi) is 5.87. The topological polar surface area (TPSA) is 53.4 Å². The van der Waals surface area contributed by atoms with E-state index in [1.165, 1.54) is 4.90 Å². The van der Waals surface area contributed by atoms with Crippen LogP contribution in [0, 0.1) is 5.82 Å². The van der Waals surface area contributed by atoms with Gasteiger partial charge < -0.3 is 14.8 Å². The SMILES string of the molecule is Cn1ccnc1CN1CCCN(C(=O)Nc2c(F)cccc2C(F)(F)F)CC1. The van der Waals surface area contributed by atoms with Crippen molar-refractivity contribution >= 4 is 11.7 Å². The van der Waals surface area contributed by atoms with Gasteiger partial charge in [-0.2, -0.15) is 13.2 Å². The number of amides is 2. The minimum atomic E-state index is -4.76. The number of carbonyl (C=O) groups is 1. The van der Waals surface area contributed by atoms with E-state index in [9.17, 15) is 22.4 Å². The molecule has 1 aliphatic heterocycles. The van der Waals surface area contributed by atoms with Gasteiger partial charge in [-0.25, -0.2) is 14.2 Å². The van der Waals surface area contributed by atoms with Gasteiger partial charge in [-0.05, 0) is 18.6 Å². The van der Waals surface area contributed by atoms with Crippen LogP contribution in [0.15, 0.2) is 30.6 Å². The maximum atomic E-state index is 13.9. The van der Waals surface area contributed by atoms with Crippen molar-refractivity contribution in [1.29, 1.82) is 0 Å². The number of aryl methyl sites for hydroxylation is 1. The molecule has 0 radical (unpaired) electrons. The third kappa shape index (κ3) is 4.61. The van der Waals surface area contributed by atoms with E-state index < -0.39 is 29.3 Å². The molecule has 1 aromatic carbocycles. The third-order valence-corrected chi connectivity index (χ3v) is 4.71. The third-order valence-electron chi connectivity index (χ3n) is 4.71. The number of nitrogens with zero attached hydrogens (tertiary/aromatic N) is 4. The van der Waals surface area contributed by atoms with Gasteiger partial charge >= 0.3 is 12.2 Å². The Hall–Kier alpha value is -2.62. The first-order valence-electron chi connectivity index (χ1n) is 8.86. The molecule has 152 valence electrons. The minimum absolute atomic E-state index is 0.325. The van der Waals surface area contributed by atoms with Gasteiger partial charge in [-0.1, -0.05) is 6.07 Å². The zero-order valence-corrected chi connectivity index (χ0v) is 15.3. The predicted octanol–water partition coefficient (Wildman–Crippen LogP) is 3.32. The molecule has 3 rings (SSSR count). The van der Waals surface area contributed by atoms with Crippen molar-refractivity contribution in [2.45, 2.75) is 19.1 Å². The summed E-state index contributed by atoms with van der Waals surface area (Å²) in [6, 6.07) is 1.86. The summed E-state index contributed by atoms with van der Waals surface area (Å²) in [6.07, 6.45) is -0.553. The van der Waals surface area contributed by atoms with E-state index in [-0.39, 0.29) is 0 Å². The van der Waals surface area contributed by atoms with Gasteiger partial charge in [0.25, 0.3) is 0 Å². The highest BCUT2D eigenvalue weighted by Gasteiger charge is 2.35. The molecule has 2 aromatic rings. The number of urea groups is 1. The molecule has 1 fully saturated rings. The van der Waals surface area contributed by atoms with Gasteiger partial charge in [0.15, 0.2) is 0 Å². The molecular formula is C18H21F4N5O. The molecule has 2 heterocycles. The maximum Gasteiger partial charge on any atom is 0.418 e. The van der Waals surface area contributed by atoms with Crippen molar-refractivity contribution in [3.05, 3.63) is 47.8 Å². The molecule has 1 aliphatic rings. The molecule has 10 heteroatoms. The van der Waals surface area contributed by atoms with Crippen LogP contribution in [0.2, 0.25) is 0 Å². The number of halogens is 4. The van der Waals surface area contributed by atoms with Crippen molar-refractivity contribution in [2.75, 3.05) is 31.5 Å². The van der Waals surface area contributed by atoms with Crippen molar-refractivity contribution in [3.63, 3.8) is 0 Å². The molecule has 0 saturated carbocycles. The second kappa shape index (κ2) is 8.17. The number of nitrogens with one attached hydrogen (secondary N) is 1. The zero-order chi connectivity index (χ0) is 20.3. The summed E-state index contributed by atoms with van der Waals surface area (Å²) in [5.74, 6) is -0.228. The number of rotatable bonds is 3. The molecule has 1 saturated heterocycles. The Bertz CT molecular complexity index is 836. The van der Waals surface area contributed by atoms with Crippen LogP contribution >= 0.6 is 0 Å². The summed E-state index contributed by atoms with van der Waals surface area (Å²) >= 11 is 0. The van der Waals surface area contributed by atoms with Crippen LogP contribution in [0.4, 0.5) is 28.0 Å². The number of para-hydroxylation sites is 1. The molecule has 0 bridgehead atoms. The first-order chi connectivity index (χ1) is 13.3. The highest BCUT2D eigenvalue weighted by Crippen LogP contribution is 2.36. The van der Waals surface area contributed by atoms with Gasteiger partial charge in [0, 0.05) is 45.6 Å². The fourth-order valence-corrected chi connectivity index (χ4v) is 3.15. The van der Waals surface area contributed by atoms with Crippen LogP contribution in [-0.4, -0.2) is 51.6 Å². The fraction of sp³-hybridized carbons (Fsp3) is 0.444. The molecule has 1 aromatic heterocycles. The Morgan fingerprint density at radius 1 is 1.21 bits per heavy atom. The fourth-order valence-electron chi connectivity index (χ4n) is 3.15. The highest BCUT2D eigenvalue weighted by atomic mass is 19.4. The zero-order valence-electron chi connectivity index (χ0n) is 15.3. The molecule has 6 nitrogen and oxygen atoms in total. The Morgan fingerprint density at radius 2 is 2.00 bits per heavy atom.